The molecule has 3 N–H and O–H groups in total. The van der Waals surface area contributed by atoms with Crippen LogP contribution in [0.5, 0.6) is 0 Å². The molecule has 0 aliphatic carbocycles. The SMILES string of the molecule is CSc1ccc(F)cc1CNC(=O)C(C)CN. The van der Waals surface area contributed by atoms with Crippen LogP contribution in [0.2, 0.25) is 0 Å². The maximum Gasteiger partial charge on any atom is 0.224 e. The minimum absolute atomic E-state index is 0.108. The van der Waals surface area contributed by atoms with Crippen molar-refractivity contribution in [3.05, 3.63) is 29.6 Å². The van der Waals surface area contributed by atoms with Crippen LogP contribution in [-0.4, -0.2) is 18.7 Å². The van der Waals surface area contributed by atoms with Crippen molar-refractivity contribution in [3.63, 3.8) is 0 Å². The minimum atomic E-state index is -0.293. The van der Waals surface area contributed by atoms with E-state index in [-0.39, 0.29) is 17.6 Å². The van der Waals surface area contributed by atoms with E-state index in [9.17, 15) is 9.18 Å². The van der Waals surface area contributed by atoms with Gasteiger partial charge in [-0.25, -0.2) is 4.39 Å². The molecule has 1 aromatic rings. The summed E-state index contributed by atoms with van der Waals surface area (Å²) in [5.74, 6) is -0.621. The molecule has 1 unspecified atom stereocenters. The van der Waals surface area contributed by atoms with Crippen LogP contribution in [0.3, 0.4) is 0 Å². The fraction of sp³-hybridized carbons (Fsp3) is 0.417. The molecule has 94 valence electrons. The monoisotopic (exact) mass is 256 g/mol. The maximum absolute atomic E-state index is 13.1. The Kier molecular flexibility index (Phi) is 5.44. The molecule has 1 aromatic carbocycles. The Hall–Kier alpha value is -1.07. The Labute approximate surface area is 105 Å². The van der Waals surface area contributed by atoms with E-state index in [1.165, 1.54) is 23.9 Å². The quantitative estimate of drug-likeness (QED) is 0.789. The predicted molar refractivity (Wildman–Crippen MR) is 68.2 cm³/mol. The fourth-order valence-corrected chi connectivity index (χ4v) is 1.95. The molecule has 0 bridgehead atoms. The molecule has 1 atom stereocenters. The van der Waals surface area contributed by atoms with Crippen LogP contribution in [0.15, 0.2) is 23.1 Å². The second kappa shape index (κ2) is 6.61. The van der Waals surface area contributed by atoms with Crippen molar-refractivity contribution in [3.8, 4) is 0 Å². The number of carbonyl (C=O) groups is 1. The Morgan fingerprint density at radius 1 is 1.59 bits per heavy atom. The Balaban J connectivity index is 2.68. The first-order valence-corrected chi connectivity index (χ1v) is 6.61. The lowest BCUT2D eigenvalue weighted by molar-refractivity contribution is -0.124. The number of hydrogen-bond donors (Lipinski definition) is 2. The van der Waals surface area contributed by atoms with Crippen LogP contribution in [0.25, 0.3) is 0 Å². The van der Waals surface area contributed by atoms with E-state index < -0.39 is 0 Å². The first-order valence-electron chi connectivity index (χ1n) is 5.38. The Morgan fingerprint density at radius 2 is 2.29 bits per heavy atom. The van der Waals surface area contributed by atoms with Crippen molar-refractivity contribution >= 4 is 17.7 Å². The molecule has 0 aliphatic heterocycles. The van der Waals surface area contributed by atoms with Gasteiger partial charge in [-0.2, -0.15) is 0 Å². The molecule has 0 saturated heterocycles. The number of nitrogens with two attached hydrogens (primary N) is 1. The number of carbonyl (C=O) groups excluding carboxylic acids is 1. The second-order valence-electron chi connectivity index (χ2n) is 3.81. The summed E-state index contributed by atoms with van der Waals surface area (Å²) in [5.41, 5.74) is 6.18. The lowest BCUT2D eigenvalue weighted by atomic mass is 10.1. The summed E-state index contributed by atoms with van der Waals surface area (Å²) >= 11 is 1.53. The summed E-state index contributed by atoms with van der Waals surface area (Å²) < 4.78 is 13.1. The highest BCUT2D eigenvalue weighted by Crippen LogP contribution is 2.21. The molecule has 0 spiro atoms. The van der Waals surface area contributed by atoms with Crippen LogP contribution in [0.1, 0.15) is 12.5 Å². The van der Waals surface area contributed by atoms with E-state index in [1.807, 2.05) is 6.26 Å². The molecule has 17 heavy (non-hydrogen) atoms. The topological polar surface area (TPSA) is 55.1 Å². The molecule has 0 aromatic heterocycles. The summed E-state index contributed by atoms with van der Waals surface area (Å²) in [7, 11) is 0. The number of halogens is 1. The van der Waals surface area contributed by atoms with E-state index in [0.717, 1.165) is 10.5 Å². The molecule has 1 rings (SSSR count). The number of hydrogen-bond acceptors (Lipinski definition) is 3. The van der Waals surface area contributed by atoms with Gasteiger partial charge in [-0.15, -0.1) is 11.8 Å². The van der Waals surface area contributed by atoms with Gasteiger partial charge in [0, 0.05) is 23.9 Å². The molecular weight excluding hydrogens is 239 g/mol. The average Bonchev–Trinajstić information content (AvgIpc) is 2.35. The summed E-state index contributed by atoms with van der Waals surface area (Å²) in [6.07, 6.45) is 1.92. The first kappa shape index (κ1) is 14.0. The Morgan fingerprint density at radius 3 is 2.88 bits per heavy atom. The van der Waals surface area contributed by atoms with Crippen molar-refractivity contribution < 1.29 is 9.18 Å². The van der Waals surface area contributed by atoms with E-state index in [2.05, 4.69) is 5.32 Å². The van der Waals surface area contributed by atoms with Gasteiger partial charge in [0.25, 0.3) is 0 Å². The van der Waals surface area contributed by atoms with Gasteiger partial charge in [0.15, 0.2) is 0 Å². The third-order valence-electron chi connectivity index (χ3n) is 2.50. The molecule has 5 heteroatoms. The minimum Gasteiger partial charge on any atom is -0.352 e. The van der Waals surface area contributed by atoms with Gasteiger partial charge >= 0.3 is 0 Å². The van der Waals surface area contributed by atoms with E-state index in [4.69, 9.17) is 5.73 Å². The van der Waals surface area contributed by atoms with Gasteiger partial charge in [-0.05, 0) is 30.0 Å². The van der Waals surface area contributed by atoms with Crippen LogP contribution in [0, 0.1) is 11.7 Å². The van der Waals surface area contributed by atoms with Crippen molar-refractivity contribution in [1.82, 2.24) is 5.32 Å². The van der Waals surface area contributed by atoms with Gasteiger partial charge in [0.2, 0.25) is 5.91 Å². The number of nitrogens with one attached hydrogen (secondary N) is 1. The van der Waals surface area contributed by atoms with Crippen molar-refractivity contribution in [1.29, 1.82) is 0 Å². The average molecular weight is 256 g/mol. The highest BCUT2D eigenvalue weighted by Gasteiger charge is 2.11. The highest BCUT2D eigenvalue weighted by atomic mass is 32.2. The van der Waals surface area contributed by atoms with E-state index in [1.54, 1.807) is 13.0 Å². The summed E-state index contributed by atoms with van der Waals surface area (Å²) in [4.78, 5) is 12.5. The van der Waals surface area contributed by atoms with Crippen LogP contribution < -0.4 is 11.1 Å². The standard InChI is InChI=1S/C12H17FN2OS/c1-8(6-14)12(16)15-7-9-5-10(13)3-4-11(9)17-2/h3-5,8H,6-7,14H2,1-2H3,(H,15,16). The highest BCUT2D eigenvalue weighted by molar-refractivity contribution is 7.98. The van der Waals surface area contributed by atoms with E-state index in [0.29, 0.717) is 13.1 Å². The van der Waals surface area contributed by atoms with Gasteiger partial charge < -0.3 is 11.1 Å². The largest absolute Gasteiger partial charge is 0.352 e. The van der Waals surface area contributed by atoms with Gasteiger partial charge in [-0.3, -0.25) is 4.79 Å². The van der Waals surface area contributed by atoms with Crippen LogP contribution in [-0.2, 0) is 11.3 Å². The van der Waals surface area contributed by atoms with Crippen LogP contribution in [0.4, 0.5) is 4.39 Å². The Bertz CT molecular complexity index is 398. The first-order chi connectivity index (χ1) is 8.08. The molecular formula is C12H17FN2OS. The van der Waals surface area contributed by atoms with E-state index >= 15 is 0 Å². The van der Waals surface area contributed by atoms with Crippen molar-refractivity contribution in [2.45, 2.75) is 18.4 Å². The van der Waals surface area contributed by atoms with Gasteiger partial charge in [0.05, 0.1) is 0 Å². The smallest absolute Gasteiger partial charge is 0.224 e. The zero-order valence-corrected chi connectivity index (χ0v) is 10.8. The third-order valence-corrected chi connectivity index (χ3v) is 3.33. The lowest BCUT2D eigenvalue weighted by Crippen LogP contribution is -2.32. The predicted octanol–water partition coefficient (Wildman–Crippen LogP) is 1.76. The third kappa shape index (κ3) is 4.02. The number of amides is 1. The fourth-order valence-electron chi connectivity index (χ4n) is 1.35. The molecule has 0 saturated carbocycles. The molecule has 0 aliphatic rings. The zero-order chi connectivity index (χ0) is 12.8. The van der Waals surface area contributed by atoms with Crippen molar-refractivity contribution in [2.24, 2.45) is 11.7 Å². The summed E-state index contributed by atoms with van der Waals surface area (Å²) in [5, 5.41) is 2.75. The van der Waals surface area contributed by atoms with Gasteiger partial charge in [0.1, 0.15) is 5.82 Å². The van der Waals surface area contributed by atoms with Gasteiger partial charge in [-0.1, -0.05) is 6.92 Å². The molecule has 0 heterocycles. The number of rotatable bonds is 5. The number of benzene rings is 1. The molecule has 0 radical (unpaired) electrons. The summed E-state index contributed by atoms with van der Waals surface area (Å²) in [6, 6.07) is 4.58. The van der Waals surface area contributed by atoms with Crippen LogP contribution >= 0.6 is 11.8 Å². The normalized spacial score (nSPS) is 12.2. The zero-order valence-electron chi connectivity index (χ0n) is 10.00. The maximum atomic E-state index is 13.1. The molecule has 0 fully saturated rings. The van der Waals surface area contributed by atoms with Crippen molar-refractivity contribution in [2.75, 3.05) is 12.8 Å². The lowest BCUT2D eigenvalue weighted by Gasteiger charge is -2.12. The second-order valence-corrected chi connectivity index (χ2v) is 4.66. The number of thioether (sulfide) groups is 1. The summed E-state index contributed by atoms with van der Waals surface area (Å²) in [6.45, 7) is 2.40. The molecule has 1 amide bonds. The molecule has 3 nitrogen and oxygen atoms in total.